The highest BCUT2D eigenvalue weighted by Gasteiger charge is 2.49. The molecule has 310 valence electrons. The summed E-state index contributed by atoms with van der Waals surface area (Å²) in [6, 6.07) is 30.9. The minimum absolute atomic E-state index is 0.364. The number of hydrogen-bond acceptors (Lipinski definition) is 8. The van der Waals surface area contributed by atoms with Crippen LogP contribution in [0.25, 0.3) is 21.5 Å². The normalized spacial score (nSPS) is 14.8. The predicted octanol–water partition coefficient (Wildman–Crippen LogP) is 13.9. The van der Waals surface area contributed by atoms with E-state index >= 15 is 0 Å². The molecule has 0 aromatic heterocycles. The molecular weight excluding hydrogens is 733 g/mol. The van der Waals surface area contributed by atoms with Gasteiger partial charge in [-0.2, -0.15) is 5.11 Å². The van der Waals surface area contributed by atoms with E-state index in [-0.39, 0.29) is 0 Å². The lowest BCUT2D eigenvalue weighted by Gasteiger charge is -2.38. The number of likely N-dealkylation sites (N-methyl/N-ethyl adjacent to an activating group) is 1. The van der Waals surface area contributed by atoms with Gasteiger partial charge < -0.3 is 21.3 Å². The van der Waals surface area contributed by atoms with E-state index in [2.05, 4.69) is 38.4 Å². The number of nitrogens with zero attached hydrogens (tertiary/aromatic N) is 4. The fraction of sp³-hybridized carbons (Fsp3) is 0.429. The maximum absolute atomic E-state index is 14.2. The molecule has 1 heterocycles. The van der Waals surface area contributed by atoms with E-state index in [1.165, 1.54) is 83.5 Å². The zero-order valence-electron chi connectivity index (χ0n) is 35.1. The Hall–Kier alpha value is -5.64. The predicted molar refractivity (Wildman–Crippen MR) is 244 cm³/mol. The lowest BCUT2D eigenvalue weighted by Crippen LogP contribution is -2.67. The van der Waals surface area contributed by atoms with Gasteiger partial charge in [-0.15, -0.1) is 15.3 Å². The highest BCUT2D eigenvalue weighted by Crippen LogP contribution is 2.44. The summed E-state index contributed by atoms with van der Waals surface area (Å²) in [6.07, 6.45) is 20.6. The van der Waals surface area contributed by atoms with Crippen molar-refractivity contribution in [2.24, 2.45) is 20.5 Å². The zero-order valence-corrected chi connectivity index (χ0v) is 35.1. The minimum atomic E-state index is -1.80. The largest absolute Gasteiger partial charge is 0.352 e. The number of hydrogen-bond donors (Lipinski definition) is 4. The molecule has 1 aliphatic heterocycles. The molecule has 0 saturated heterocycles. The standard InChI is InChI=1S/C49H62N8O2/c1-3-5-6-7-8-9-10-11-12-13-14-15-16-17-18-24-36-51-48(59)49(47(58)50-4-2)52-43-31-25-26-37-32-33-44(46(53-49)45(37)43)57-56-42-35-34-41(39-29-22-23-30-40(39)42)55-54-38-27-20-19-21-28-38/h19-23,25-35,52-53H,3-18,24,36H2,1-2H3,(H,50,58)(H,51,59). The molecule has 6 rings (SSSR count). The van der Waals surface area contributed by atoms with Gasteiger partial charge in [-0.3, -0.25) is 9.59 Å². The number of carbonyl (C=O) groups excluding carboxylic acids is 2. The third-order valence-electron chi connectivity index (χ3n) is 11.2. The first-order valence-corrected chi connectivity index (χ1v) is 22.1. The summed E-state index contributed by atoms with van der Waals surface area (Å²) in [4.78, 5) is 28.1. The first-order chi connectivity index (χ1) is 29.0. The average Bonchev–Trinajstić information content (AvgIpc) is 3.27. The maximum atomic E-state index is 14.2. The van der Waals surface area contributed by atoms with E-state index in [9.17, 15) is 9.59 Å². The van der Waals surface area contributed by atoms with E-state index in [0.717, 1.165) is 52.2 Å². The van der Waals surface area contributed by atoms with E-state index in [4.69, 9.17) is 10.2 Å². The Labute approximate surface area is 350 Å². The van der Waals surface area contributed by atoms with Crippen molar-refractivity contribution in [3.8, 4) is 0 Å². The zero-order chi connectivity index (χ0) is 41.1. The molecule has 1 aliphatic rings. The van der Waals surface area contributed by atoms with Gasteiger partial charge in [0.1, 0.15) is 5.69 Å². The van der Waals surface area contributed by atoms with Gasteiger partial charge in [0.2, 0.25) is 0 Å². The molecule has 0 fully saturated rings. The smallest absolute Gasteiger partial charge is 0.276 e. The van der Waals surface area contributed by atoms with Crippen molar-refractivity contribution in [3.05, 3.63) is 97.1 Å². The number of nitrogens with one attached hydrogen (secondary N) is 4. The molecule has 1 atom stereocenters. The number of carbonyl (C=O) groups is 2. The fourth-order valence-corrected chi connectivity index (χ4v) is 7.89. The lowest BCUT2D eigenvalue weighted by molar-refractivity contribution is -0.134. The van der Waals surface area contributed by atoms with Crippen LogP contribution < -0.4 is 21.3 Å². The Kier molecular flexibility index (Phi) is 16.4. The summed E-state index contributed by atoms with van der Waals surface area (Å²) in [6.45, 7) is 4.96. The van der Waals surface area contributed by atoms with Crippen molar-refractivity contribution in [1.82, 2.24) is 10.6 Å². The van der Waals surface area contributed by atoms with Crippen molar-refractivity contribution >= 4 is 67.5 Å². The van der Waals surface area contributed by atoms with Gasteiger partial charge >= 0.3 is 0 Å². The molecule has 0 saturated carbocycles. The van der Waals surface area contributed by atoms with Crippen LogP contribution >= 0.6 is 0 Å². The first-order valence-electron chi connectivity index (χ1n) is 22.1. The summed E-state index contributed by atoms with van der Waals surface area (Å²) >= 11 is 0. The topological polar surface area (TPSA) is 132 Å². The fourth-order valence-electron chi connectivity index (χ4n) is 7.89. The molecular formula is C49H62N8O2. The summed E-state index contributed by atoms with van der Waals surface area (Å²) in [5, 5.41) is 34.5. The van der Waals surface area contributed by atoms with Gasteiger partial charge in [-0.25, -0.2) is 0 Å². The van der Waals surface area contributed by atoms with Gasteiger partial charge in [-0.1, -0.05) is 164 Å². The van der Waals surface area contributed by atoms with Crippen LogP contribution in [-0.2, 0) is 9.59 Å². The van der Waals surface area contributed by atoms with Crippen LogP contribution in [0.1, 0.15) is 117 Å². The number of azo groups is 2. The number of amides is 2. The van der Waals surface area contributed by atoms with Crippen molar-refractivity contribution < 1.29 is 9.59 Å². The molecule has 0 aliphatic carbocycles. The molecule has 5 aromatic rings. The van der Waals surface area contributed by atoms with E-state index in [1.54, 1.807) is 0 Å². The quantitative estimate of drug-likeness (QED) is 0.0281. The van der Waals surface area contributed by atoms with E-state index in [1.807, 2.05) is 104 Å². The first kappa shape index (κ1) is 43.0. The monoisotopic (exact) mass is 794 g/mol. The number of rotatable bonds is 24. The summed E-state index contributed by atoms with van der Waals surface area (Å²) in [5.74, 6) is -0.907. The molecule has 0 bridgehead atoms. The van der Waals surface area contributed by atoms with Gasteiger partial charge in [0, 0.05) is 34.9 Å². The SMILES string of the molecule is CCCCCCCCCCCCCCCCCCNC(=O)C1(C(=O)NCC)Nc2cccc3ccc(N=Nc4ccc(N=Nc5ccccc5)c5ccccc45)c(c23)N1. The second kappa shape index (κ2) is 22.5. The van der Waals surface area contributed by atoms with Crippen molar-refractivity contribution in [2.45, 2.75) is 122 Å². The summed E-state index contributed by atoms with van der Waals surface area (Å²) < 4.78 is 0. The molecule has 0 spiro atoms. The molecule has 5 aromatic carbocycles. The van der Waals surface area contributed by atoms with Crippen LogP contribution in [-0.4, -0.2) is 30.6 Å². The second-order valence-electron chi connectivity index (χ2n) is 15.7. The van der Waals surface area contributed by atoms with Crippen molar-refractivity contribution in [1.29, 1.82) is 0 Å². The Balaban J connectivity index is 1.08. The molecule has 10 heteroatoms. The lowest BCUT2D eigenvalue weighted by atomic mass is 9.96. The Morgan fingerprint density at radius 3 is 1.64 bits per heavy atom. The van der Waals surface area contributed by atoms with Gasteiger partial charge in [0.05, 0.1) is 22.7 Å². The third kappa shape index (κ3) is 11.5. The summed E-state index contributed by atoms with van der Waals surface area (Å²) in [7, 11) is 0. The molecule has 4 N–H and O–H groups in total. The highest BCUT2D eigenvalue weighted by molar-refractivity contribution is 6.21. The van der Waals surface area contributed by atoms with E-state index in [0.29, 0.717) is 35.8 Å². The average molecular weight is 795 g/mol. The summed E-state index contributed by atoms with van der Waals surface area (Å²) in [5.41, 5.74) is 2.07. The van der Waals surface area contributed by atoms with Crippen LogP contribution in [0.15, 0.2) is 118 Å². The van der Waals surface area contributed by atoms with Crippen LogP contribution in [0.3, 0.4) is 0 Å². The Morgan fingerprint density at radius 1 is 0.508 bits per heavy atom. The number of benzene rings is 5. The molecule has 0 radical (unpaired) electrons. The van der Waals surface area contributed by atoms with Crippen molar-refractivity contribution in [2.75, 3.05) is 23.7 Å². The maximum Gasteiger partial charge on any atom is 0.276 e. The van der Waals surface area contributed by atoms with Gasteiger partial charge in [0.15, 0.2) is 0 Å². The molecule has 2 amide bonds. The number of fused-ring (bicyclic) bond motifs is 1. The molecule has 59 heavy (non-hydrogen) atoms. The van der Waals surface area contributed by atoms with Gasteiger partial charge in [-0.05, 0) is 55.1 Å². The third-order valence-corrected chi connectivity index (χ3v) is 11.2. The van der Waals surface area contributed by atoms with Crippen LogP contribution in [0.4, 0.5) is 34.1 Å². The highest BCUT2D eigenvalue weighted by atomic mass is 16.2. The van der Waals surface area contributed by atoms with Crippen LogP contribution in [0, 0.1) is 0 Å². The number of anilines is 2. The van der Waals surface area contributed by atoms with E-state index < -0.39 is 17.5 Å². The number of unbranched alkanes of at least 4 members (excludes halogenated alkanes) is 15. The Bertz CT molecular complexity index is 2190. The minimum Gasteiger partial charge on any atom is -0.352 e. The molecule has 1 unspecified atom stereocenters. The van der Waals surface area contributed by atoms with Crippen LogP contribution in [0.2, 0.25) is 0 Å². The molecule has 10 nitrogen and oxygen atoms in total. The van der Waals surface area contributed by atoms with Gasteiger partial charge in [0.25, 0.3) is 17.5 Å². The van der Waals surface area contributed by atoms with Crippen LogP contribution in [0.5, 0.6) is 0 Å². The van der Waals surface area contributed by atoms with Crippen molar-refractivity contribution in [3.63, 3.8) is 0 Å². The second-order valence-corrected chi connectivity index (χ2v) is 15.7. The Morgan fingerprint density at radius 2 is 1.03 bits per heavy atom.